The van der Waals surface area contributed by atoms with Crippen LogP contribution in [0.2, 0.25) is 0 Å². The van der Waals surface area contributed by atoms with Crippen molar-refractivity contribution in [2.75, 3.05) is 20.2 Å². The van der Waals surface area contributed by atoms with E-state index in [0.717, 1.165) is 0 Å². The first-order chi connectivity index (χ1) is 15.8. The lowest BCUT2D eigenvalue weighted by molar-refractivity contribution is -0.0267. The summed E-state index contributed by atoms with van der Waals surface area (Å²) in [5, 5.41) is 20.0. The second-order valence-electron chi connectivity index (χ2n) is 7.88. The van der Waals surface area contributed by atoms with E-state index in [0.29, 0.717) is 33.0 Å². The summed E-state index contributed by atoms with van der Waals surface area (Å²) in [6.07, 6.45) is -1.95. The van der Waals surface area contributed by atoms with Gasteiger partial charge in [-0.3, -0.25) is 4.90 Å². The summed E-state index contributed by atoms with van der Waals surface area (Å²) in [6.45, 7) is 0.523. The van der Waals surface area contributed by atoms with Crippen LogP contribution >= 0.6 is 11.3 Å². The van der Waals surface area contributed by atoms with Crippen molar-refractivity contribution in [3.63, 3.8) is 0 Å². The van der Waals surface area contributed by atoms with Crippen LogP contribution < -0.4 is 10.5 Å². The van der Waals surface area contributed by atoms with Gasteiger partial charge in [-0.05, 0) is 53.9 Å². The molecule has 0 bridgehead atoms. The van der Waals surface area contributed by atoms with E-state index in [1.807, 2.05) is 0 Å². The number of benzene rings is 2. The van der Waals surface area contributed by atoms with Crippen molar-refractivity contribution < 1.29 is 23.0 Å². The highest BCUT2D eigenvalue weighted by Gasteiger charge is 2.31. The zero-order chi connectivity index (χ0) is 23.7. The first-order valence-corrected chi connectivity index (χ1v) is 11.1. The highest BCUT2D eigenvalue weighted by atomic mass is 32.1. The van der Waals surface area contributed by atoms with Crippen LogP contribution in [0.5, 0.6) is 5.75 Å². The Kier molecular flexibility index (Phi) is 6.72. The van der Waals surface area contributed by atoms with Crippen molar-refractivity contribution >= 4 is 11.3 Å². The van der Waals surface area contributed by atoms with Gasteiger partial charge in [0, 0.05) is 34.4 Å². The topological polar surface area (TPSA) is 82.5 Å². The molecule has 0 saturated carbocycles. The molecule has 1 fully saturated rings. The summed E-state index contributed by atoms with van der Waals surface area (Å²) in [6, 6.07) is 11.5. The molecular formula is C24H22F3N3O2S. The molecule has 0 spiro atoms. The van der Waals surface area contributed by atoms with Crippen molar-refractivity contribution in [1.82, 2.24) is 4.90 Å². The van der Waals surface area contributed by atoms with Gasteiger partial charge in [0.1, 0.15) is 24.3 Å². The number of nitrogens with zero attached hydrogens (tertiary/aromatic N) is 2. The number of nitrogens with two attached hydrogens (primary N) is 1. The van der Waals surface area contributed by atoms with Gasteiger partial charge in [-0.25, -0.2) is 13.2 Å². The fourth-order valence-corrected chi connectivity index (χ4v) is 5.13. The number of hydrogen-bond donors (Lipinski definition) is 2. The van der Waals surface area contributed by atoms with Crippen LogP contribution in [0.15, 0.2) is 42.5 Å². The maximum Gasteiger partial charge on any atom is 0.165 e. The molecule has 3 atom stereocenters. The second-order valence-corrected chi connectivity index (χ2v) is 8.97. The van der Waals surface area contributed by atoms with E-state index in [-0.39, 0.29) is 24.3 Å². The third kappa shape index (κ3) is 4.61. The molecule has 1 aliphatic heterocycles. The number of aliphatic hydroxyl groups excluding tert-OH is 1. The van der Waals surface area contributed by atoms with E-state index < -0.39 is 30.1 Å². The van der Waals surface area contributed by atoms with Crippen LogP contribution in [0.25, 0.3) is 21.6 Å². The molecule has 4 rings (SSSR count). The third-order valence-corrected chi connectivity index (χ3v) is 6.99. The standard InChI is InChI=1S/C24H22F3N3O2S/c1-32-21-5-4-14(9-19(21)27)23-16(13-2-3-15(11-28)18(26)8-13)10-22(33-23)24(31)30-7-6-17(25)20(29)12-30/h2-5,8-10,17,20,24,31H,6-7,12,29H2,1H3/t17-,20-,24?/m0/s1. The number of piperidine rings is 1. The van der Waals surface area contributed by atoms with Crippen molar-refractivity contribution in [2.24, 2.45) is 5.73 Å². The average molecular weight is 474 g/mol. The summed E-state index contributed by atoms with van der Waals surface area (Å²) in [7, 11) is 1.37. The Bertz CT molecular complexity index is 1210. The van der Waals surface area contributed by atoms with Crippen molar-refractivity contribution in [3.05, 3.63) is 64.5 Å². The fourth-order valence-electron chi connectivity index (χ4n) is 3.93. The summed E-state index contributed by atoms with van der Waals surface area (Å²) >= 11 is 1.23. The van der Waals surface area contributed by atoms with Crippen LogP contribution in [0.3, 0.4) is 0 Å². The largest absolute Gasteiger partial charge is 0.494 e. The summed E-state index contributed by atoms with van der Waals surface area (Å²) in [5.74, 6) is -1.14. The number of aliphatic hydroxyl groups is 1. The normalized spacial score (nSPS) is 19.8. The van der Waals surface area contributed by atoms with E-state index in [9.17, 15) is 18.3 Å². The zero-order valence-corrected chi connectivity index (χ0v) is 18.6. The van der Waals surface area contributed by atoms with Gasteiger partial charge in [-0.15, -0.1) is 11.3 Å². The van der Waals surface area contributed by atoms with Crippen molar-refractivity contribution in [2.45, 2.75) is 24.9 Å². The van der Waals surface area contributed by atoms with Gasteiger partial charge in [-0.2, -0.15) is 5.26 Å². The van der Waals surface area contributed by atoms with Gasteiger partial charge >= 0.3 is 0 Å². The third-order valence-electron chi connectivity index (χ3n) is 5.77. The van der Waals surface area contributed by atoms with E-state index in [2.05, 4.69) is 0 Å². The molecular weight excluding hydrogens is 451 g/mol. The SMILES string of the molecule is COc1ccc(-c2sc(C(O)N3CC[C@H](F)[C@@H](N)C3)cc2-c2ccc(C#N)c(F)c2)cc1F. The Morgan fingerprint density at radius 1 is 1.18 bits per heavy atom. The first-order valence-electron chi connectivity index (χ1n) is 10.3. The lowest BCUT2D eigenvalue weighted by Gasteiger charge is -2.35. The number of halogens is 3. The number of nitriles is 1. The van der Waals surface area contributed by atoms with Gasteiger partial charge in [0.25, 0.3) is 0 Å². The summed E-state index contributed by atoms with van der Waals surface area (Å²) in [4.78, 5) is 2.83. The van der Waals surface area contributed by atoms with Gasteiger partial charge < -0.3 is 15.6 Å². The van der Waals surface area contributed by atoms with Gasteiger partial charge in [0.2, 0.25) is 0 Å². The highest BCUT2D eigenvalue weighted by molar-refractivity contribution is 7.16. The number of methoxy groups -OCH3 is 1. The molecule has 1 aliphatic rings. The molecule has 5 nitrogen and oxygen atoms in total. The number of alkyl halides is 1. The predicted molar refractivity (Wildman–Crippen MR) is 120 cm³/mol. The molecule has 0 aliphatic carbocycles. The molecule has 9 heteroatoms. The Labute approximate surface area is 193 Å². The monoisotopic (exact) mass is 473 g/mol. The van der Waals surface area contributed by atoms with Crippen LogP contribution in [0, 0.1) is 23.0 Å². The predicted octanol–water partition coefficient (Wildman–Crippen LogP) is 4.60. The van der Waals surface area contributed by atoms with Crippen molar-refractivity contribution in [1.29, 1.82) is 5.26 Å². The maximum atomic E-state index is 14.4. The van der Waals surface area contributed by atoms with Crippen LogP contribution in [0.4, 0.5) is 13.2 Å². The smallest absolute Gasteiger partial charge is 0.165 e. The average Bonchev–Trinajstić information content (AvgIpc) is 3.25. The van der Waals surface area contributed by atoms with Crippen molar-refractivity contribution in [3.8, 4) is 33.4 Å². The van der Waals surface area contributed by atoms with E-state index in [1.54, 1.807) is 29.2 Å². The molecule has 172 valence electrons. The molecule has 1 aromatic heterocycles. The van der Waals surface area contributed by atoms with Crippen LogP contribution in [-0.4, -0.2) is 42.4 Å². The lowest BCUT2D eigenvalue weighted by Crippen LogP contribution is -2.50. The molecule has 3 aromatic rings. The molecule has 0 amide bonds. The summed E-state index contributed by atoms with van der Waals surface area (Å²) < 4.78 is 47.6. The number of rotatable bonds is 5. The highest BCUT2D eigenvalue weighted by Crippen LogP contribution is 2.43. The molecule has 1 saturated heterocycles. The number of hydrogen-bond acceptors (Lipinski definition) is 6. The Morgan fingerprint density at radius 3 is 2.55 bits per heavy atom. The van der Waals surface area contributed by atoms with E-state index in [1.165, 1.54) is 42.7 Å². The number of likely N-dealkylation sites (tertiary alicyclic amines) is 1. The first kappa shape index (κ1) is 23.3. The zero-order valence-electron chi connectivity index (χ0n) is 17.8. The Balaban J connectivity index is 1.79. The molecule has 0 radical (unpaired) electrons. The lowest BCUT2D eigenvalue weighted by atomic mass is 10.00. The molecule has 1 unspecified atom stereocenters. The minimum absolute atomic E-state index is 0.0876. The molecule has 33 heavy (non-hydrogen) atoms. The Morgan fingerprint density at radius 2 is 1.91 bits per heavy atom. The second kappa shape index (κ2) is 9.53. The fraction of sp³-hybridized carbons (Fsp3) is 0.292. The van der Waals surface area contributed by atoms with Crippen LogP contribution in [-0.2, 0) is 0 Å². The number of thiophene rings is 1. The quantitative estimate of drug-likeness (QED) is 0.566. The van der Waals surface area contributed by atoms with E-state index >= 15 is 0 Å². The van der Waals surface area contributed by atoms with Gasteiger partial charge in [-0.1, -0.05) is 6.07 Å². The maximum absolute atomic E-state index is 14.4. The van der Waals surface area contributed by atoms with Crippen LogP contribution in [0.1, 0.15) is 23.1 Å². The minimum atomic E-state index is -1.12. The van der Waals surface area contributed by atoms with Gasteiger partial charge in [0.05, 0.1) is 12.7 Å². The van der Waals surface area contributed by atoms with E-state index in [4.69, 9.17) is 15.7 Å². The molecule has 2 heterocycles. The minimum Gasteiger partial charge on any atom is -0.494 e. The molecule has 3 N–H and O–H groups in total. The summed E-state index contributed by atoms with van der Waals surface area (Å²) in [5.41, 5.74) is 7.33. The molecule has 2 aromatic carbocycles. The Hall–Kier alpha value is -2.90. The number of ether oxygens (including phenoxy) is 1. The van der Waals surface area contributed by atoms with Gasteiger partial charge in [0.15, 0.2) is 11.6 Å².